The van der Waals surface area contributed by atoms with Crippen molar-refractivity contribution in [3.05, 3.63) is 58.6 Å². The third kappa shape index (κ3) is 5.15. The molecule has 0 atom stereocenters. The second-order valence-electron chi connectivity index (χ2n) is 5.54. The molecule has 1 N–H and O–H groups in total. The summed E-state index contributed by atoms with van der Waals surface area (Å²) in [6.45, 7) is 2.84. The molecule has 0 radical (unpaired) electrons. The molecule has 10 heteroatoms. The van der Waals surface area contributed by atoms with Crippen LogP contribution in [-0.4, -0.2) is 31.4 Å². The summed E-state index contributed by atoms with van der Waals surface area (Å²) in [7, 11) is 0. The largest absolute Gasteiger partial charge is 0.484 e. The Balaban J connectivity index is 1.59. The number of amides is 1. The third-order valence-electron chi connectivity index (χ3n) is 3.67. The minimum absolute atomic E-state index is 0.161. The number of benzene rings is 1. The molecule has 7 nitrogen and oxygen atoms in total. The minimum Gasteiger partial charge on any atom is -0.484 e. The Hall–Kier alpha value is -2.29. The smallest absolute Gasteiger partial charge is 0.234 e. The first kappa shape index (κ1) is 20.4. The van der Waals surface area contributed by atoms with Crippen LogP contribution in [0.15, 0.2) is 47.8 Å². The molecule has 1 amide bonds. The lowest BCUT2D eigenvalue weighted by atomic mass is 10.3. The van der Waals surface area contributed by atoms with Gasteiger partial charge in [0.15, 0.2) is 16.1 Å². The van der Waals surface area contributed by atoms with E-state index >= 15 is 0 Å². The number of nitrogens with zero attached hydrogens (tertiary/aromatic N) is 4. The number of para-hydroxylation sites is 1. The second-order valence-corrected chi connectivity index (χ2v) is 7.25. The summed E-state index contributed by atoms with van der Waals surface area (Å²) in [5, 5.41) is 12.5. The molecule has 0 bridgehead atoms. The number of aromatic nitrogens is 4. The Bertz CT molecular complexity index is 967. The molecule has 0 aliphatic carbocycles. The Morgan fingerprint density at radius 2 is 2.04 bits per heavy atom. The number of ether oxygens (including phenoxy) is 1. The lowest BCUT2D eigenvalue weighted by Gasteiger charge is -2.10. The van der Waals surface area contributed by atoms with Gasteiger partial charge < -0.3 is 14.6 Å². The summed E-state index contributed by atoms with van der Waals surface area (Å²) in [6, 6.07) is 10.6. The molecule has 28 heavy (non-hydrogen) atoms. The first-order valence-corrected chi connectivity index (χ1v) is 10.1. The summed E-state index contributed by atoms with van der Waals surface area (Å²) in [6.07, 6.45) is 1.56. The normalized spacial score (nSPS) is 10.7. The van der Waals surface area contributed by atoms with E-state index in [0.29, 0.717) is 34.0 Å². The highest BCUT2D eigenvalue weighted by Gasteiger charge is 2.15. The molecule has 0 saturated carbocycles. The van der Waals surface area contributed by atoms with Gasteiger partial charge in [0.25, 0.3) is 0 Å². The number of carbonyl (C=O) groups is 1. The summed E-state index contributed by atoms with van der Waals surface area (Å²) >= 11 is 13.3. The Morgan fingerprint density at radius 3 is 2.79 bits per heavy atom. The second kappa shape index (κ2) is 9.77. The minimum atomic E-state index is -0.209. The maximum atomic E-state index is 12.2. The van der Waals surface area contributed by atoms with Crippen molar-refractivity contribution in [3.8, 4) is 5.75 Å². The van der Waals surface area contributed by atoms with Crippen LogP contribution in [0.1, 0.15) is 12.7 Å². The van der Waals surface area contributed by atoms with Crippen LogP contribution in [0.4, 0.5) is 5.69 Å². The van der Waals surface area contributed by atoms with E-state index in [1.54, 1.807) is 30.5 Å². The highest BCUT2D eigenvalue weighted by molar-refractivity contribution is 7.99. The van der Waals surface area contributed by atoms with Crippen LogP contribution in [0.25, 0.3) is 0 Å². The van der Waals surface area contributed by atoms with Gasteiger partial charge in [-0.2, -0.15) is 0 Å². The van der Waals surface area contributed by atoms with E-state index in [1.807, 2.05) is 23.6 Å². The van der Waals surface area contributed by atoms with E-state index in [0.717, 1.165) is 0 Å². The Kier molecular flexibility index (Phi) is 7.13. The number of pyridine rings is 1. The molecule has 1 aromatic carbocycles. The van der Waals surface area contributed by atoms with Crippen molar-refractivity contribution in [2.24, 2.45) is 0 Å². The van der Waals surface area contributed by atoms with Crippen LogP contribution >= 0.6 is 35.0 Å². The van der Waals surface area contributed by atoms with Crippen molar-refractivity contribution in [2.45, 2.75) is 25.2 Å². The third-order valence-corrected chi connectivity index (χ3v) is 5.25. The van der Waals surface area contributed by atoms with Crippen molar-refractivity contribution in [2.75, 3.05) is 11.1 Å². The summed E-state index contributed by atoms with van der Waals surface area (Å²) in [4.78, 5) is 16.1. The van der Waals surface area contributed by atoms with E-state index in [9.17, 15) is 4.79 Å². The lowest BCUT2D eigenvalue weighted by molar-refractivity contribution is -0.113. The Morgan fingerprint density at radius 1 is 1.21 bits per heavy atom. The summed E-state index contributed by atoms with van der Waals surface area (Å²) in [5.74, 6) is 1.19. The van der Waals surface area contributed by atoms with Crippen molar-refractivity contribution in [3.63, 3.8) is 0 Å². The average Bonchev–Trinajstić information content (AvgIpc) is 3.09. The number of anilines is 1. The number of carbonyl (C=O) groups excluding carboxylic acids is 1. The quantitative estimate of drug-likeness (QED) is 0.417. The molecular formula is C18H17Cl2N5O2S. The maximum absolute atomic E-state index is 12.2. The highest BCUT2D eigenvalue weighted by Crippen LogP contribution is 2.25. The fraction of sp³-hybridized carbons (Fsp3) is 0.222. The maximum Gasteiger partial charge on any atom is 0.234 e. The predicted molar refractivity (Wildman–Crippen MR) is 110 cm³/mol. The van der Waals surface area contributed by atoms with Crippen molar-refractivity contribution in [1.82, 2.24) is 19.7 Å². The number of halogens is 2. The lowest BCUT2D eigenvalue weighted by Crippen LogP contribution is -2.15. The predicted octanol–water partition coefficient (Wildman–Crippen LogP) is 4.31. The van der Waals surface area contributed by atoms with Crippen LogP contribution in [-0.2, 0) is 17.9 Å². The molecule has 2 heterocycles. The van der Waals surface area contributed by atoms with Crippen LogP contribution in [0.3, 0.4) is 0 Å². The van der Waals surface area contributed by atoms with Gasteiger partial charge in [0, 0.05) is 12.7 Å². The van der Waals surface area contributed by atoms with E-state index in [-0.39, 0.29) is 23.4 Å². The van der Waals surface area contributed by atoms with E-state index in [2.05, 4.69) is 20.5 Å². The molecule has 0 aliphatic heterocycles. The van der Waals surface area contributed by atoms with E-state index in [4.69, 9.17) is 27.9 Å². The number of hydrogen-bond acceptors (Lipinski definition) is 6. The number of rotatable bonds is 8. The monoisotopic (exact) mass is 437 g/mol. The summed E-state index contributed by atoms with van der Waals surface area (Å²) < 4.78 is 7.63. The standard InChI is InChI=1S/C18H17Cl2N5O2S/c1-2-25-15(10-27-14-8-4-3-6-12(14)19)23-24-18(25)28-11-16(26)22-13-7-5-9-21-17(13)20/h3-9H,2,10-11H2,1H3,(H,22,26). The zero-order valence-corrected chi connectivity index (χ0v) is 17.3. The molecule has 3 rings (SSSR count). The molecule has 0 spiro atoms. The van der Waals surface area contributed by atoms with Gasteiger partial charge in [0.2, 0.25) is 5.91 Å². The van der Waals surface area contributed by atoms with Crippen LogP contribution in [0, 0.1) is 0 Å². The summed E-state index contributed by atoms with van der Waals surface area (Å²) in [5.41, 5.74) is 0.473. The van der Waals surface area contributed by atoms with Crippen LogP contribution in [0.5, 0.6) is 5.75 Å². The van der Waals surface area contributed by atoms with Crippen LogP contribution in [0.2, 0.25) is 10.2 Å². The topological polar surface area (TPSA) is 81.9 Å². The van der Waals surface area contributed by atoms with Gasteiger partial charge in [-0.3, -0.25) is 4.79 Å². The number of hydrogen-bond donors (Lipinski definition) is 1. The zero-order valence-electron chi connectivity index (χ0n) is 14.9. The average molecular weight is 438 g/mol. The van der Waals surface area contributed by atoms with E-state index in [1.165, 1.54) is 11.8 Å². The fourth-order valence-corrected chi connectivity index (χ4v) is 3.53. The van der Waals surface area contributed by atoms with Crippen molar-refractivity contribution in [1.29, 1.82) is 0 Å². The highest BCUT2D eigenvalue weighted by atomic mass is 35.5. The first-order valence-electron chi connectivity index (χ1n) is 8.41. The molecule has 2 aromatic heterocycles. The van der Waals surface area contributed by atoms with Crippen molar-refractivity contribution < 1.29 is 9.53 Å². The Labute approximate surface area is 176 Å². The molecule has 0 aliphatic rings. The number of thioether (sulfide) groups is 1. The number of nitrogens with one attached hydrogen (secondary N) is 1. The van der Waals surface area contributed by atoms with Gasteiger partial charge in [0.05, 0.1) is 16.5 Å². The molecule has 0 fully saturated rings. The van der Waals surface area contributed by atoms with Gasteiger partial charge in [-0.1, -0.05) is 47.1 Å². The van der Waals surface area contributed by atoms with Gasteiger partial charge in [-0.15, -0.1) is 10.2 Å². The van der Waals surface area contributed by atoms with Gasteiger partial charge >= 0.3 is 0 Å². The van der Waals surface area contributed by atoms with Gasteiger partial charge in [-0.25, -0.2) is 4.98 Å². The molecule has 0 unspecified atom stereocenters. The molecule has 0 saturated heterocycles. The molecule has 3 aromatic rings. The SMILES string of the molecule is CCn1c(COc2ccccc2Cl)nnc1SCC(=O)Nc1cccnc1Cl. The van der Waals surface area contributed by atoms with E-state index < -0.39 is 0 Å². The molecule has 146 valence electrons. The van der Waals surface area contributed by atoms with Crippen molar-refractivity contribution >= 4 is 46.6 Å². The van der Waals surface area contributed by atoms with Gasteiger partial charge in [-0.05, 0) is 31.2 Å². The van der Waals surface area contributed by atoms with Crippen LogP contribution < -0.4 is 10.1 Å². The zero-order chi connectivity index (χ0) is 19.9. The fourth-order valence-electron chi connectivity index (χ4n) is 2.35. The first-order chi connectivity index (χ1) is 13.6. The molecular weight excluding hydrogens is 421 g/mol. The van der Waals surface area contributed by atoms with Gasteiger partial charge in [0.1, 0.15) is 12.4 Å².